The first kappa shape index (κ1) is 21.5. The number of nitrogens with one attached hydrogen (secondary N) is 1. The first-order valence-electron chi connectivity index (χ1n) is 9.57. The van der Waals surface area contributed by atoms with Crippen LogP contribution >= 0.6 is 11.6 Å². The summed E-state index contributed by atoms with van der Waals surface area (Å²) in [4.78, 5) is 27.1. The summed E-state index contributed by atoms with van der Waals surface area (Å²) in [6.45, 7) is 6.70. The van der Waals surface area contributed by atoms with Gasteiger partial charge in [0.05, 0.1) is 11.4 Å². The molecule has 0 spiro atoms. The number of nitrogens with zero attached hydrogens (tertiary/aromatic N) is 3. The Morgan fingerprint density at radius 2 is 1.80 bits per heavy atom. The lowest BCUT2D eigenvalue weighted by Crippen LogP contribution is -2.30. The normalized spacial score (nSPS) is 10.7. The van der Waals surface area contributed by atoms with E-state index in [1.54, 1.807) is 36.1 Å². The molecule has 0 unspecified atom stereocenters. The van der Waals surface area contributed by atoms with Crippen LogP contribution in [0.15, 0.2) is 48.5 Å². The molecule has 1 heterocycles. The standard InChI is InChI=1S/C22H22ClFN4O2/c1-4-27(5-2)22(30)15-7-6-8-17(13-15)25-21(29)19-14(3)26-28(20(19)23)18-11-9-16(24)10-12-18/h6-13H,4-5H2,1-3H3,(H,25,29). The fourth-order valence-electron chi connectivity index (χ4n) is 3.13. The highest BCUT2D eigenvalue weighted by Gasteiger charge is 2.22. The zero-order valence-corrected chi connectivity index (χ0v) is 17.7. The number of hydrogen-bond donors (Lipinski definition) is 1. The number of carbonyl (C=O) groups excluding carboxylic acids is 2. The molecule has 156 valence electrons. The Bertz CT molecular complexity index is 1080. The number of benzene rings is 2. The molecule has 0 bridgehead atoms. The summed E-state index contributed by atoms with van der Waals surface area (Å²) in [5.41, 5.74) is 2.14. The average molecular weight is 429 g/mol. The number of hydrogen-bond acceptors (Lipinski definition) is 3. The van der Waals surface area contributed by atoms with Crippen molar-refractivity contribution in [2.45, 2.75) is 20.8 Å². The van der Waals surface area contributed by atoms with E-state index in [0.717, 1.165) is 0 Å². The van der Waals surface area contributed by atoms with E-state index in [0.29, 0.717) is 35.7 Å². The van der Waals surface area contributed by atoms with Gasteiger partial charge in [-0.15, -0.1) is 0 Å². The molecule has 8 heteroatoms. The van der Waals surface area contributed by atoms with Crippen molar-refractivity contribution in [1.82, 2.24) is 14.7 Å². The second-order valence-electron chi connectivity index (χ2n) is 6.65. The van der Waals surface area contributed by atoms with E-state index >= 15 is 0 Å². The first-order valence-corrected chi connectivity index (χ1v) is 9.95. The Kier molecular flexibility index (Phi) is 6.52. The SMILES string of the molecule is CCN(CC)C(=O)c1cccc(NC(=O)c2c(C)nn(-c3ccc(F)cc3)c2Cl)c1. The lowest BCUT2D eigenvalue weighted by molar-refractivity contribution is 0.0772. The number of amides is 2. The molecule has 0 radical (unpaired) electrons. The molecule has 0 atom stereocenters. The summed E-state index contributed by atoms with van der Waals surface area (Å²) in [6.07, 6.45) is 0. The van der Waals surface area contributed by atoms with Gasteiger partial charge in [0.1, 0.15) is 16.5 Å². The monoisotopic (exact) mass is 428 g/mol. The van der Waals surface area contributed by atoms with Crippen LogP contribution in [-0.4, -0.2) is 39.6 Å². The van der Waals surface area contributed by atoms with E-state index < -0.39 is 5.91 Å². The van der Waals surface area contributed by atoms with Gasteiger partial charge < -0.3 is 10.2 Å². The third kappa shape index (κ3) is 4.36. The number of carbonyl (C=O) groups is 2. The smallest absolute Gasteiger partial charge is 0.260 e. The second kappa shape index (κ2) is 9.09. The molecule has 0 aliphatic carbocycles. The predicted molar refractivity (Wildman–Crippen MR) is 115 cm³/mol. The van der Waals surface area contributed by atoms with Gasteiger partial charge in [-0.3, -0.25) is 9.59 Å². The maximum Gasteiger partial charge on any atom is 0.260 e. The minimum atomic E-state index is -0.446. The van der Waals surface area contributed by atoms with Crippen LogP contribution in [-0.2, 0) is 0 Å². The van der Waals surface area contributed by atoms with Crippen molar-refractivity contribution in [3.8, 4) is 5.69 Å². The van der Waals surface area contributed by atoms with Crippen molar-refractivity contribution >= 4 is 29.1 Å². The maximum atomic E-state index is 13.2. The Labute approximate surface area is 179 Å². The van der Waals surface area contributed by atoms with Crippen LogP contribution in [0.1, 0.15) is 40.3 Å². The van der Waals surface area contributed by atoms with Crippen LogP contribution in [0.5, 0.6) is 0 Å². The van der Waals surface area contributed by atoms with Crippen LogP contribution in [0.4, 0.5) is 10.1 Å². The molecule has 2 aromatic carbocycles. The van der Waals surface area contributed by atoms with Crippen molar-refractivity contribution < 1.29 is 14.0 Å². The quantitative estimate of drug-likeness (QED) is 0.618. The van der Waals surface area contributed by atoms with Crippen LogP contribution in [0, 0.1) is 12.7 Å². The summed E-state index contributed by atoms with van der Waals surface area (Å²) in [7, 11) is 0. The fraction of sp³-hybridized carbons (Fsp3) is 0.227. The molecule has 1 N–H and O–H groups in total. The zero-order chi connectivity index (χ0) is 21.8. The van der Waals surface area contributed by atoms with Gasteiger partial charge in [0.25, 0.3) is 11.8 Å². The van der Waals surface area contributed by atoms with E-state index in [1.807, 2.05) is 13.8 Å². The molecular formula is C22H22ClFN4O2. The summed E-state index contributed by atoms with van der Waals surface area (Å²) >= 11 is 6.41. The van der Waals surface area contributed by atoms with E-state index in [4.69, 9.17) is 11.6 Å². The molecule has 3 aromatic rings. The summed E-state index contributed by atoms with van der Waals surface area (Å²) < 4.78 is 14.6. The summed E-state index contributed by atoms with van der Waals surface area (Å²) in [5.74, 6) is -0.927. The lowest BCUT2D eigenvalue weighted by Gasteiger charge is -2.19. The number of aromatic nitrogens is 2. The molecule has 0 aliphatic heterocycles. The van der Waals surface area contributed by atoms with E-state index in [9.17, 15) is 14.0 Å². The second-order valence-corrected chi connectivity index (χ2v) is 7.01. The van der Waals surface area contributed by atoms with Crippen molar-refractivity contribution in [2.75, 3.05) is 18.4 Å². The third-order valence-corrected chi connectivity index (χ3v) is 5.07. The van der Waals surface area contributed by atoms with Gasteiger partial charge in [-0.2, -0.15) is 5.10 Å². The predicted octanol–water partition coefficient (Wildman–Crippen LogP) is 4.71. The third-order valence-electron chi connectivity index (χ3n) is 4.72. The van der Waals surface area contributed by atoms with Gasteiger partial charge >= 0.3 is 0 Å². The molecule has 1 aromatic heterocycles. The average Bonchev–Trinajstić information content (AvgIpc) is 3.03. The lowest BCUT2D eigenvalue weighted by atomic mass is 10.1. The number of aryl methyl sites for hydroxylation is 1. The summed E-state index contributed by atoms with van der Waals surface area (Å²) in [5, 5.41) is 7.20. The van der Waals surface area contributed by atoms with Gasteiger partial charge in [0.15, 0.2) is 0 Å². The van der Waals surface area contributed by atoms with Crippen LogP contribution in [0.3, 0.4) is 0 Å². The first-order chi connectivity index (χ1) is 14.3. The highest BCUT2D eigenvalue weighted by molar-refractivity contribution is 6.34. The Morgan fingerprint density at radius 1 is 1.13 bits per heavy atom. The minimum absolute atomic E-state index is 0.102. The minimum Gasteiger partial charge on any atom is -0.339 e. The van der Waals surface area contributed by atoms with E-state index in [1.165, 1.54) is 28.9 Å². The van der Waals surface area contributed by atoms with Crippen molar-refractivity contribution in [1.29, 1.82) is 0 Å². The number of rotatable bonds is 6. The van der Waals surface area contributed by atoms with Gasteiger partial charge in [0.2, 0.25) is 0 Å². The molecule has 3 rings (SSSR count). The molecule has 30 heavy (non-hydrogen) atoms. The molecule has 6 nitrogen and oxygen atoms in total. The summed E-state index contributed by atoms with van der Waals surface area (Å²) in [6, 6.07) is 12.4. The Hall–Kier alpha value is -3.19. The van der Waals surface area contributed by atoms with Gasteiger partial charge in [0, 0.05) is 24.3 Å². The zero-order valence-electron chi connectivity index (χ0n) is 16.9. The topological polar surface area (TPSA) is 67.2 Å². The number of halogens is 2. The number of anilines is 1. The molecular weight excluding hydrogens is 407 g/mol. The van der Waals surface area contributed by atoms with E-state index in [2.05, 4.69) is 10.4 Å². The van der Waals surface area contributed by atoms with E-state index in [-0.39, 0.29) is 22.4 Å². The largest absolute Gasteiger partial charge is 0.339 e. The molecule has 0 saturated heterocycles. The van der Waals surface area contributed by atoms with Crippen molar-refractivity contribution in [3.05, 3.63) is 76.3 Å². The van der Waals surface area contributed by atoms with Crippen molar-refractivity contribution in [3.63, 3.8) is 0 Å². The van der Waals surface area contributed by atoms with Crippen LogP contribution in [0.25, 0.3) is 5.69 Å². The molecule has 0 fully saturated rings. The molecule has 2 amide bonds. The highest BCUT2D eigenvalue weighted by Crippen LogP contribution is 2.25. The van der Waals surface area contributed by atoms with Gasteiger partial charge in [-0.25, -0.2) is 9.07 Å². The van der Waals surface area contributed by atoms with Crippen LogP contribution in [0.2, 0.25) is 5.15 Å². The van der Waals surface area contributed by atoms with Gasteiger partial charge in [-0.05, 0) is 63.2 Å². The van der Waals surface area contributed by atoms with Gasteiger partial charge in [-0.1, -0.05) is 17.7 Å². The molecule has 0 saturated carbocycles. The van der Waals surface area contributed by atoms with Crippen molar-refractivity contribution in [2.24, 2.45) is 0 Å². The fourth-order valence-corrected chi connectivity index (χ4v) is 3.49. The Balaban J connectivity index is 1.86. The molecule has 0 aliphatic rings. The highest BCUT2D eigenvalue weighted by atomic mass is 35.5. The maximum absolute atomic E-state index is 13.2. The Morgan fingerprint density at radius 3 is 2.43 bits per heavy atom. The van der Waals surface area contributed by atoms with Crippen LogP contribution < -0.4 is 5.32 Å².